The first-order valence-corrected chi connectivity index (χ1v) is 9.55. The summed E-state index contributed by atoms with van der Waals surface area (Å²) < 4.78 is 0. The number of carbonyl (C=O) groups is 2. The molecule has 1 aliphatic heterocycles. The van der Waals surface area contributed by atoms with Crippen LogP contribution in [0.25, 0.3) is 0 Å². The van der Waals surface area contributed by atoms with Crippen LogP contribution >= 0.6 is 11.3 Å². The maximum absolute atomic E-state index is 12.5. The average molecular weight is 350 g/mol. The van der Waals surface area contributed by atoms with Crippen LogP contribution in [0, 0.1) is 13.8 Å². The third-order valence-corrected chi connectivity index (χ3v) is 6.23. The molecule has 1 aromatic rings. The van der Waals surface area contributed by atoms with Crippen molar-refractivity contribution in [1.82, 2.24) is 14.8 Å². The Morgan fingerprint density at radius 1 is 1.29 bits per heavy atom. The van der Waals surface area contributed by atoms with E-state index in [1.165, 1.54) is 24.2 Å². The first-order valence-electron chi connectivity index (χ1n) is 8.74. The fraction of sp³-hybridized carbons (Fsp3) is 0.706. The molecule has 1 atom stereocenters. The summed E-state index contributed by atoms with van der Waals surface area (Å²) in [6.07, 6.45) is 4.71. The molecular formula is C17H26N4O2S. The van der Waals surface area contributed by atoms with Crippen LogP contribution in [0.5, 0.6) is 0 Å². The van der Waals surface area contributed by atoms with E-state index in [4.69, 9.17) is 0 Å². The molecule has 0 spiro atoms. The van der Waals surface area contributed by atoms with E-state index in [1.54, 1.807) is 0 Å². The van der Waals surface area contributed by atoms with E-state index in [2.05, 4.69) is 10.3 Å². The lowest BCUT2D eigenvalue weighted by Crippen LogP contribution is -2.57. The van der Waals surface area contributed by atoms with Crippen molar-refractivity contribution >= 4 is 28.3 Å². The summed E-state index contributed by atoms with van der Waals surface area (Å²) in [6.45, 7) is 7.62. The zero-order valence-corrected chi connectivity index (χ0v) is 15.5. The summed E-state index contributed by atoms with van der Waals surface area (Å²) in [4.78, 5) is 34.4. The summed E-state index contributed by atoms with van der Waals surface area (Å²) in [5.74, 6) is 0.0691. The first-order chi connectivity index (χ1) is 11.5. The van der Waals surface area contributed by atoms with Gasteiger partial charge in [-0.2, -0.15) is 0 Å². The van der Waals surface area contributed by atoms with Crippen LogP contribution in [0.1, 0.15) is 43.2 Å². The highest BCUT2D eigenvalue weighted by Crippen LogP contribution is 2.25. The first kappa shape index (κ1) is 17.4. The van der Waals surface area contributed by atoms with Crippen molar-refractivity contribution < 1.29 is 9.59 Å². The molecule has 132 valence electrons. The molecule has 1 aliphatic carbocycles. The number of carbonyl (C=O) groups excluding carboxylic acids is 2. The second kappa shape index (κ2) is 7.19. The van der Waals surface area contributed by atoms with Crippen molar-refractivity contribution in [3.8, 4) is 0 Å². The highest BCUT2D eigenvalue weighted by molar-refractivity contribution is 7.15. The van der Waals surface area contributed by atoms with Crippen molar-refractivity contribution in [1.29, 1.82) is 0 Å². The van der Waals surface area contributed by atoms with E-state index in [0.717, 1.165) is 36.5 Å². The number of nitrogens with one attached hydrogen (secondary N) is 1. The maximum Gasteiger partial charge on any atom is 0.243 e. The molecule has 2 amide bonds. The summed E-state index contributed by atoms with van der Waals surface area (Å²) in [6, 6.07) is 0.0919. The van der Waals surface area contributed by atoms with Gasteiger partial charge < -0.3 is 10.2 Å². The molecule has 24 heavy (non-hydrogen) atoms. The Morgan fingerprint density at radius 2 is 2.00 bits per heavy atom. The van der Waals surface area contributed by atoms with Gasteiger partial charge in [-0.15, -0.1) is 11.3 Å². The number of piperazine rings is 1. The fourth-order valence-electron chi connectivity index (χ4n) is 3.54. The van der Waals surface area contributed by atoms with Crippen LogP contribution in [0.2, 0.25) is 0 Å². The summed E-state index contributed by atoms with van der Waals surface area (Å²) >= 11 is 1.49. The van der Waals surface area contributed by atoms with E-state index in [1.807, 2.05) is 30.6 Å². The Hall–Kier alpha value is -1.47. The fourth-order valence-corrected chi connectivity index (χ4v) is 4.36. The smallest absolute Gasteiger partial charge is 0.243 e. The molecule has 0 aromatic carbocycles. The van der Waals surface area contributed by atoms with E-state index < -0.39 is 0 Å². The van der Waals surface area contributed by atoms with Crippen molar-refractivity contribution in [2.45, 2.75) is 58.5 Å². The number of rotatable bonds is 4. The largest absolute Gasteiger partial charge is 0.337 e. The summed E-state index contributed by atoms with van der Waals surface area (Å²) in [5.41, 5.74) is 0.948. The number of anilines is 1. The van der Waals surface area contributed by atoms with Gasteiger partial charge in [0.1, 0.15) is 0 Å². The van der Waals surface area contributed by atoms with Gasteiger partial charge >= 0.3 is 0 Å². The predicted molar refractivity (Wildman–Crippen MR) is 95.2 cm³/mol. The minimum absolute atomic E-state index is 0.0918. The molecular weight excluding hydrogens is 324 g/mol. The standard InChI is InChI=1S/C17H26N4O2S/c1-11-13(3)24-17(18-11)19-16(23)12(2)20-8-9-21(15(22)10-20)14-6-4-5-7-14/h12,14H,4-10H2,1-3H3,(H,18,19,23)/t12-/m1/s1. The van der Waals surface area contributed by atoms with Crippen molar-refractivity contribution in [2.75, 3.05) is 25.0 Å². The normalized spacial score (nSPS) is 21.3. The average Bonchev–Trinajstić information content (AvgIpc) is 3.17. The monoisotopic (exact) mass is 350 g/mol. The van der Waals surface area contributed by atoms with Crippen LogP contribution in [-0.2, 0) is 9.59 Å². The molecule has 1 aromatic heterocycles. The molecule has 6 nitrogen and oxygen atoms in total. The van der Waals surface area contributed by atoms with Crippen LogP contribution in [-0.4, -0.2) is 58.3 Å². The summed E-state index contributed by atoms with van der Waals surface area (Å²) in [7, 11) is 0. The van der Waals surface area contributed by atoms with Gasteiger partial charge in [0.25, 0.3) is 0 Å². The molecule has 1 saturated carbocycles. The summed E-state index contributed by atoms with van der Waals surface area (Å²) in [5, 5.41) is 3.52. The van der Waals surface area contributed by atoms with Gasteiger partial charge in [-0.1, -0.05) is 12.8 Å². The van der Waals surface area contributed by atoms with Gasteiger partial charge in [0.15, 0.2) is 5.13 Å². The van der Waals surface area contributed by atoms with Crippen LogP contribution in [0.15, 0.2) is 0 Å². The quantitative estimate of drug-likeness (QED) is 0.904. The predicted octanol–water partition coefficient (Wildman–Crippen LogP) is 2.17. The van der Waals surface area contributed by atoms with Gasteiger partial charge in [-0.05, 0) is 33.6 Å². The van der Waals surface area contributed by atoms with Crippen molar-refractivity contribution in [2.24, 2.45) is 0 Å². The molecule has 2 aliphatic rings. The third-order valence-electron chi connectivity index (χ3n) is 5.24. The lowest BCUT2D eigenvalue weighted by atomic mass is 10.1. The third kappa shape index (κ3) is 3.62. The molecule has 2 heterocycles. The molecule has 1 N–H and O–H groups in total. The van der Waals surface area contributed by atoms with Gasteiger partial charge in [0.2, 0.25) is 11.8 Å². The van der Waals surface area contributed by atoms with Gasteiger partial charge in [0.05, 0.1) is 18.3 Å². The molecule has 3 rings (SSSR count). The van der Waals surface area contributed by atoms with Crippen LogP contribution in [0.3, 0.4) is 0 Å². The Morgan fingerprint density at radius 3 is 2.58 bits per heavy atom. The van der Waals surface area contributed by atoms with Gasteiger partial charge in [-0.25, -0.2) is 4.98 Å². The lowest BCUT2D eigenvalue weighted by molar-refractivity contribution is -0.140. The lowest BCUT2D eigenvalue weighted by Gasteiger charge is -2.39. The Labute approximate surface area is 147 Å². The molecule has 0 unspecified atom stereocenters. The number of hydrogen-bond donors (Lipinski definition) is 1. The Kier molecular flexibility index (Phi) is 5.20. The minimum atomic E-state index is -0.329. The highest BCUT2D eigenvalue weighted by atomic mass is 32.1. The zero-order chi connectivity index (χ0) is 17.3. The van der Waals surface area contributed by atoms with Crippen molar-refractivity contribution in [3.63, 3.8) is 0 Å². The van der Waals surface area contributed by atoms with Crippen LogP contribution in [0.4, 0.5) is 5.13 Å². The molecule has 0 bridgehead atoms. The number of aromatic nitrogens is 1. The number of hydrogen-bond acceptors (Lipinski definition) is 5. The second-order valence-corrected chi connectivity index (χ2v) is 8.02. The maximum atomic E-state index is 12.5. The topological polar surface area (TPSA) is 65.5 Å². The van der Waals surface area contributed by atoms with E-state index in [-0.39, 0.29) is 17.9 Å². The zero-order valence-electron chi connectivity index (χ0n) is 14.7. The number of thiazole rings is 1. The Balaban J connectivity index is 1.56. The number of amides is 2. The van der Waals surface area contributed by atoms with Crippen molar-refractivity contribution in [3.05, 3.63) is 10.6 Å². The Bertz CT molecular complexity index is 605. The van der Waals surface area contributed by atoms with E-state index in [0.29, 0.717) is 17.7 Å². The minimum Gasteiger partial charge on any atom is -0.337 e. The molecule has 0 radical (unpaired) electrons. The van der Waals surface area contributed by atoms with Gasteiger partial charge in [0, 0.05) is 24.0 Å². The number of nitrogens with zero attached hydrogens (tertiary/aromatic N) is 3. The molecule has 7 heteroatoms. The van der Waals surface area contributed by atoms with E-state index in [9.17, 15) is 9.59 Å². The van der Waals surface area contributed by atoms with Gasteiger partial charge in [-0.3, -0.25) is 14.5 Å². The SMILES string of the molecule is Cc1nc(NC(=O)[C@@H](C)N2CCN(C3CCCC3)C(=O)C2)sc1C. The highest BCUT2D eigenvalue weighted by Gasteiger charge is 2.34. The second-order valence-electron chi connectivity index (χ2n) is 6.82. The van der Waals surface area contributed by atoms with E-state index >= 15 is 0 Å². The van der Waals surface area contributed by atoms with Crippen LogP contribution < -0.4 is 5.32 Å². The number of aryl methyl sites for hydroxylation is 2. The molecule has 2 fully saturated rings. The molecule has 1 saturated heterocycles.